The molecule has 0 aromatic carbocycles. The van der Waals surface area contributed by atoms with Crippen molar-refractivity contribution in [1.29, 1.82) is 0 Å². The Morgan fingerprint density at radius 3 is 2.84 bits per heavy atom. The minimum atomic E-state index is -0.590. The molecule has 7 heteroatoms. The molecule has 2 aliphatic heterocycles. The molecule has 0 aliphatic carbocycles. The molecule has 7 nitrogen and oxygen atoms in total. The third-order valence-electron chi connectivity index (χ3n) is 3.43. The number of ether oxygens (including phenoxy) is 1. The molecule has 19 heavy (non-hydrogen) atoms. The first-order valence-corrected chi connectivity index (χ1v) is 6.53. The maximum Gasteiger partial charge on any atom is 0.322 e. The van der Waals surface area contributed by atoms with Crippen LogP contribution in [0.3, 0.4) is 0 Å². The van der Waals surface area contributed by atoms with E-state index in [-0.39, 0.29) is 24.3 Å². The molecule has 2 saturated heterocycles. The maximum absolute atomic E-state index is 11.9. The van der Waals surface area contributed by atoms with Crippen LogP contribution in [0.2, 0.25) is 0 Å². The zero-order valence-electron chi connectivity index (χ0n) is 11.0. The Morgan fingerprint density at radius 2 is 2.26 bits per heavy atom. The standard InChI is InChI=1S/C12H19N3O4/c1-15(7-8-3-2-6-19-8)10(16)5-4-9-11(17)14-12(18)13-9/h8-9H,2-7H2,1H3,(H2,13,14,17,18)/t8-,9+/m0/s1. The fourth-order valence-electron chi connectivity index (χ4n) is 2.32. The Bertz CT molecular complexity index is 379. The number of carbonyl (C=O) groups excluding carboxylic acids is 3. The van der Waals surface area contributed by atoms with Crippen LogP contribution in [0.1, 0.15) is 25.7 Å². The summed E-state index contributed by atoms with van der Waals surface area (Å²) in [5, 5.41) is 4.62. The van der Waals surface area contributed by atoms with Crippen molar-refractivity contribution >= 4 is 17.8 Å². The van der Waals surface area contributed by atoms with E-state index in [1.54, 1.807) is 11.9 Å². The zero-order chi connectivity index (χ0) is 13.8. The summed E-state index contributed by atoms with van der Waals surface area (Å²) >= 11 is 0. The minimum absolute atomic E-state index is 0.0375. The van der Waals surface area contributed by atoms with E-state index in [0.29, 0.717) is 13.0 Å². The summed E-state index contributed by atoms with van der Waals surface area (Å²) in [6, 6.07) is -1.08. The molecule has 2 atom stereocenters. The van der Waals surface area contributed by atoms with Gasteiger partial charge in [0.1, 0.15) is 6.04 Å². The van der Waals surface area contributed by atoms with Gasteiger partial charge in [0.15, 0.2) is 0 Å². The highest BCUT2D eigenvalue weighted by atomic mass is 16.5. The van der Waals surface area contributed by atoms with Crippen LogP contribution >= 0.6 is 0 Å². The highest BCUT2D eigenvalue weighted by molar-refractivity contribution is 6.04. The van der Waals surface area contributed by atoms with Gasteiger partial charge in [-0.25, -0.2) is 4.79 Å². The van der Waals surface area contributed by atoms with E-state index >= 15 is 0 Å². The topological polar surface area (TPSA) is 87.7 Å². The summed E-state index contributed by atoms with van der Waals surface area (Å²) < 4.78 is 5.47. The van der Waals surface area contributed by atoms with Crippen molar-refractivity contribution in [2.24, 2.45) is 0 Å². The van der Waals surface area contributed by atoms with Gasteiger partial charge in [0.05, 0.1) is 6.10 Å². The second-order valence-electron chi connectivity index (χ2n) is 4.96. The number of rotatable bonds is 5. The molecule has 0 aromatic rings. The van der Waals surface area contributed by atoms with Crippen molar-refractivity contribution < 1.29 is 19.1 Å². The Hall–Kier alpha value is -1.63. The molecule has 0 aromatic heterocycles. The van der Waals surface area contributed by atoms with Crippen LogP contribution in [-0.2, 0) is 14.3 Å². The van der Waals surface area contributed by atoms with Crippen LogP contribution in [0.25, 0.3) is 0 Å². The third kappa shape index (κ3) is 3.66. The van der Waals surface area contributed by atoms with Gasteiger partial charge in [-0.3, -0.25) is 14.9 Å². The van der Waals surface area contributed by atoms with Crippen LogP contribution in [0, 0.1) is 0 Å². The monoisotopic (exact) mass is 269 g/mol. The van der Waals surface area contributed by atoms with Gasteiger partial charge in [0, 0.05) is 26.6 Å². The average molecular weight is 269 g/mol. The average Bonchev–Trinajstić information content (AvgIpc) is 2.96. The number of hydrogen-bond acceptors (Lipinski definition) is 4. The van der Waals surface area contributed by atoms with Gasteiger partial charge in [-0.1, -0.05) is 0 Å². The summed E-state index contributed by atoms with van der Waals surface area (Å²) in [5.41, 5.74) is 0. The Labute approximate surface area is 111 Å². The first kappa shape index (κ1) is 13.8. The molecule has 2 aliphatic rings. The smallest absolute Gasteiger partial charge is 0.322 e. The number of likely N-dealkylation sites (N-methyl/N-ethyl adjacent to an activating group) is 1. The number of carbonyl (C=O) groups is 3. The molecule has 2 heterocycles. The first-order valence-electron chi connectivity index (χ1n) is 6.53. The summed E-state index contributed by atoms with van der Waals surface area (Å²) in [6.07, 6.45) is 2.72. The Morgan fingerprint density at radius 1 is 1.47 bits per heavy atom. The van der Waals surface area contributed by atoms with Gasteiger partial charge in [0.25, 0.3) is 5.91 Å². The molecule has 2 N–H and O–H groups in total. The van der Waals surface area contributed by atoms with Crippen molar-refractivity contribution in [3.05, 3.63) is 0 Å². The van der Waals surface area contributed by atoms with Gasteiger partial charge in [0.2, 0.25) is 5.91 Å². The summed E-state index contributed by atoms with van der Waals surface area (Å²) in [4.78, 5) is 35.8. The fraction of sp³-hybridized carbons (Fsp3) is 0.750. The number of amides is 4. The lowest BCUT2D eigenvalue weighted by Crippen LogP contribution is -2.36. The largest absolute Gasteiger partial charge is 0.376 e. The molecule has 106 valence electrons. The number of hydrogen-bond donors (Lipinski definition) is 2. The van der Waals surface area contributed by atoms with Crippen molar-refractivity contribution in [3.8, 4) is 0 Å². The van der Waals surface area contributed by atoms with Crippen LogP contribution in [0.15, 0.2) is 0 Å². The fourth-order valence-corrected chi connectivity index (χ4v) is 2.32. The molecule has 0 saturated carbocycles. The van der Waals surface area contributed by atoms with E-state index in [9.17, 15) is 14.4 Å². The zero-order valence-corrected chi connectivity index (χ0v) is 11.0. The van der Waals surface area contributed by atoms with Crippen molar-refractivity contribution in [2.45, 2.75) is 37.8 Å². The molecule has 4 amide bonds. The van der Waals surface area contributed by atoms with Crippen LogP contribution in [0.5, 0.6) is 0 Å². The first-order chi connectivity index (χ1) is 9.06. The van der Waals surface area contributed by atoms with Crippen LogP contribution in [-0.4, -0.2) is 55.1 Å². The van der Waals surface area contributed by atoms with Gasteiger partial charge >= 0.3 is 6.03 Å². The number of nitrogens with one attached hydrogen (secondary N) is 2. The SMILES string of the molecule is CN(C[C@@H]1CCCO1)C(=O)CC[C@H]1NC(=O)NC1=O. The molecular formula is C12H19N3O4. The van der Waals surface area contributed by atoms with Crippen LogP contribution in [0.4, 0.5) is 4.79 Å². The summed E-state index contributed by atoms with van der Waals surface area (Å²) in [7, 11) is 1.73. The lowest BCUT2D eigenvalue weighted by atomic mass is 10.1. The van der Waals surface area contributed by atoms with Crippen LogP contribution < -0.4 is 10.6 Å². The van der Waals surface area contributed by atoms with E-state index in [1.165, 1.54) is 0 Å². The third-order valence-corrected chi connectivity index (χ3v) is 3.43. The van der Waals surface area contributed by atoms with Crippen molar-refractivity contribution in [3.63, 3.8) is 0 Å². The number of urea groups is 1. The highest BCUT2D eigenvalue weighted by Crippen LogP contribution is 2.13. The van der Waals surface area contributed by atoms with E-state index < -0.39 is 12.1 Å². The Kier molecular flexibility index (Phi) is 4.36. The van der Waals surface area contributed by atoms with Gasteiger partial charge in [-0.2, -0.15) is 0 Å². The van der Waals surface area contributed by atoms with E-state index in [0.717, 1.165) is 19.4 Å². The van der Waals surface area contributed by atoms with E-state index in [1.807, 2.05) is 0 Å². The lowest BCUT2D eigenvalue weighted by molar-refractivity contribution is -0.131. The molecule has 0 radical (unpaired) electrons. The van der Waals surface area contributed by atoms with Gasteiger partial charge in [-0.15, -0.1) is 0 Å². The molecule has 2 fully saturated rings. The van der Waals surface area contributed by atoms with E-state index in [2.05, 4.69) is 10.6 Å². The minimum Gasteiger partial charge on any atom is -0.376 e. The highest BCUT2D eigenvalue weighted by Gasteiger charge is 2.30. The maximum atomic E-state index is 11.9. The van der Waals surface area contributed by atoms with Gasteiger partial charge < -0.3 is 15.0 Å². The van der Waals surface area contributed by atoms with Crippen molar-refractivity contribution in [2.75, 3.05) is 20.2 Å². The Balaban J connectivity index is 1.71. The number of imide groups is 1. The molecule has 0 unspecified atom stereocenters. The van der Waals surface area contributed by atoms with Gasteiger partial charge in [-0.05, 0) is 19.3 Å². The summed E-state index contributed by atoms with van der Waals surface area (Å²) in [6.45, 7) is 1.35. The quantitative estimate of drug-likeness (QED) is 0.665. The van der Waals surface area contributed by atoms with E-state index in [4.69, 9.17) is 4.74 Å². The molecule has 0 spiro atoms. The lowest BCUT2D eigenvalue weighted by Gasteiger charge is -2.21. The second-order valence-corrected chi connectivity index (χ2v) is 4.96. The second kappa shape index (κ2) is 6.01. The number of nitrogens with zero attached hydrogens (tertiary/aromatic N) is 1. The predicted molar refractivity (Wildman–Crippen MR) is 66.3 cm³/mol. The molecule has 0 bridgehead atoms. The predicted octanol–water partition coefficient (Wildman–Crippen LogP) is -0.388. The normalized spacial score (nSPS) is 26.2. The van der Waals surface area contributed by atoms with Crippen molar-refractivity contribution in [1.82, 2.24) is 15.5 Å². The molecular weight excluding hydrogens is 250 g/mol. The molecule has 2 rings (SSSR count). The summed E-state index contributed by atoms with van der Waals surface area (Å²) in [5.74, 6) is -0.399.